The van der Waals surface area contributed by atoms with Crippen LogP contribution in [0.2, 0.25) is 0 Å². The molecule has 7 nitrogen and oxygen atoms in total. The van der Waals surface area contributed by atoms with Crippen LogP contribution in [-0.2, 0) is 5.41 Å². The van der Waals surface area contributed by atoms with Crippen LogP contribution in [0.3, 0.4) is 0 Å². The molecule has 1 saturated carbocycles. The number of hydrogen-bond donors (Lipinski definition) is 2. The van der Waals surface area contributed by atoms with Gasteiger partial charge in [-0.1, -0.05) is 30.3 Å². The summed E-state index contributed by atoms with van der Waals surface area (Å²) in [5.41, 5.74) is 1.72. The monoisotopic (exact) mass is 521 g/mol. The standard InChI is InChI=1S/C22H31N7.HI/c1-23-20(27-18-22(8-9-22)19-6-3-2-4-7-19)24-12-13-28-14-16-29(17-15-28)21-25-10-5-11-26-21;/h2-7,10-11H,8-9,12-18H2,1H3,(H2,23,24,27);1H. The van der Waals surface area contributed by atoms with Gasteiger partial charge in [0.1, 0.15) is 0 Å². The fraction of sp³-hybridized carbons (Fsp3) is 0.500. The number of aliphatic imine (C=N–C) groups is 1. The first-order valence-electron chi connectivity index (χ1n) is 10.5. The number of rotatable bonds is 7. The number of nitrogens with zero attached hydrogens (tertiary/aromatic N) is 5. The molecule has 4 rings (SSSR count). The number of aromatic nitrogens is 2. The van der Waals surface area contributed by atoms with Crippen LogP contribution in [0.5, 0.6) is 0 Å². The van der Waals surface area contributed by atoms with E-state index in [9.17, 15) is 0 Å². The Bertz CT molecular complexity index is 788. The molecule has 0 spiro atoms. The van der Waals surface area contributed by atoms with Crippen LogP contribution in [0, 0.1) is 0 Å². The predicted octanol–water partition coefficient (Wildman–Crippen LogP) is 2.11. The highest BCUT2D eigenvalue weighted by Gasteiger charge is 2.43. The molecule has 2 N–H and O–H groups in total. The molecule has 0 amide bonds. The van der Waals surface area contributed by atoms with Crippen LogP contribution in [0.15, 0.2) is 53.8 Å². The number of piperazine rings is 1. The molecule has 2 aromatic rings. The second-order valence-corrected chi connectivity index (χ2v) is 7.88. The Balaban J connectivity index is 0.00000256. The van der Waals surface area contributed by atoms with Crippen molar-refractivity contribution < 1.29 is 0 Å². The Kier molecular flexibility index (Phi) is 8.26. The number of halogens is 1. The van der Waals surface area contributed by atoms with Gasteiger partial charge < -0.3 is 15.5 Å². The van der Waals surface area contributed by atoms with Gasteiger partial charge in [0, 0.05) is 70.7 Å². The van der Waals surface area contributed by atoms with Gasteiger partial charge in [-0.15, -0.1) is 24.0 Å². The number of nitrogens with one attached hydrogen (secondary N) is 2. The Hall–Kier alpha value is -1.94. The van der Waals surface area contributed by atoms with Crippen molar-refractivity contribution in [1.82, 2.24) is 25.5 Å². The van der Waals surface area contributed by atoms with Gasteiger partial charge in [-0.3, -0.25) is 9.89 Å². The van der Waals surface area contributed by atoms with E-state index in [0.29, 0.717) is 0 Å². The van der Waals surface area contributed by atoms with Crippen LogP contribution in [-0.4, -0.2) is 73.7 Å². The number of benzene rings is 1. The van der Waals surface area contributed by atoms with Gasteiger partial charge >= 0.3 is 0 Å². The minimum Gasteiger partial charge on any atom is -0.356 e. The normalized spacial score (nSPS) is 18.4. The fourth-order valence-electron chi connectivity index (χ4n) is 3.94. The summed E-state index contributed by atoms with van der Waals surface area (Å²) < 4.78 is 0. The summed E-state index contributed by atoms with van der Waals surface area (Å²) in [6, 6.07) is 12.7. The van der Waals surface area contributed by atoms with Crippen molar-refractivity contribution in [3.63, 3.8) is 0 Å². The molecule has 1 saturated heterocycles. The van der Waals surface area contributed by atoms with E-state index in [1.165, 1.54) is 18.4 Å². The van der Waals surface area contributed by atoms with Crippen molar-refractivity contribution in [1.29, 1.82) is 0 Å². The third kappa shape index (κ3) is 5.81. The van der Waals surface area contributed by atoms with E-state index in [-0.39, 0.29) is 29.4 Å². The molecule has 1 aromatic heterocycles. The Morgan fingerprint density at radius 2 is 1.70 bits per heavy atom. The molecule has 2 heterocycles. The third-order valence-electron chi connectivity index (χ3n) is 5.99. The highest BCUT2D eigenvalue weighted by atomic mass is 127. The number of anilines is 1. The molecule has 30 heavy (non-hydrogen) atoms. The number of guanidine groups is 1. The van der Waals surface area contributed by atoms with E-state index in [0.717, 1.165) is 57.7 Å². The molecule has 162 valence electrons. The molecule has 2 aliphatic rings. The lowest BCUT2D eigenvalue weighted by atomic mass is 9.96. The molecule has 0 radical (unpaired) electrons. The number of hydrogen-bond acceptors (Lipinski definition) is 5. The van der Waals surface area contributed by atoms with Crippen molar-refractivity contribution in [3.05, 3.63) is 54.4 Å². The predicted molar refractivity (Wildman–Crippen MR) is 133 cm³/mol. The molecular formula is C22H32IN7. The van der Waals surface area contributed by atoms with Gasteiger partial charge in [-0.25, -0.2) is 9.97 Å². The molecule has 1 aliphatic carbocycles. The first-order valence-corrected chi connectivity index (χ1v) is 10.5. The van der Waals surface area contributed by atoms with Gasteiger partial charge in [0.25, 0.3) is 0 Å². The summed E-state index contributed by atoms with van der Waals surface area (Å²) in [5, 5.41) is 7.00. The summed E-state index contributed by atoms with van der Waals surface area (Å²) in [4.78, 5) is 17.8. The first-order chi connectivity index (χ1) is 14.3. The molecule has 1 aliphatic heterocycles. The van der Waals surface area contributed by atoms with Crippen LogP contribution >= 0.6 is 24.0 Å². The second-order valence-electron chi connectivity index (χ2n) is 7.88. The lowest BCUT2D eigenvalue weighted by Crippen LogP contribution is -2.50. The molecular weight excluding hydrogens is 489 g/mol. The van der Waals surface area contributed by atoms with Gasteiger partial charge in [0.05, 0.1) is 0 Å². The van der Waals surface area contributed by atoms with Crippen molar-refractivity contribution >= 4 is 35.9 Å². The molecule has 1 aromatic carbocycles. The van der Waals surface area contributed by atoms with Crippen LogP contribution in [0.1, 0.15) is 18.4 Å². The topological polar surface area (TPSA) is 68.7 Å². The summed E-state index contributed by atoms with van der Waals surface area (Å²) >= 11 is 0. The zero-order chi connectivity index (χ0) is 19.9. The third-order valence-corrected chi connectivity index (χ3v) is 5.99. The lowest BCUT2D eigenvalue weighted by molar-refractivity contribution is 0.260. The highest BCUT2D eigenvalue weighted by Crippen LogP contribution is 2.47. The summed E-state index contributed by atoms with van der Waals surface area (Å²) in [6.45, 7) is 6.83. The highest BCUT2D eigenvalue weighted by molar-refractivity contribution is 14.0. The molecule has 8 heteroatoms. The summed E-state index contributed by atoms with van der Waals surface area (Å²) in [7, 11) is 1.84. The van der Waals surface area contributed by atoms with Crippen LogP contribution < -0.4 is 15.5 Å². The largest absolute Gasteiger partial charge is 0.356 e. The summed E-state index contributed by atoms with van der Waals surface area (Å²) in [5.74, 6) is 1.73. The molecule has 0 atom stereocenters. The average Bonchev–Trinajstić information content (AvgIpc) is 3.59. The average molecular weight is 521 g/mol. The van der Waals surface area contributed by atoms with Crippen molar-refractivity contribution in [2.24, 2.45) is 4.99 Å². The van der Waals surface area contributed by atoms with E-state index in [2.05, 4.69) is 65.7 Å². The quantitative estimate of drug-likeness (QED) is 0.331. The molecule has 0 bridgehead atoms. The van der Waals surface area contributed by atoms with E-state index in [1.807, 2.05) is 13.1 Å². The minimum absolute atomic E-state index is 0. The fourth-order valence-corrected chi connectivity index (χ4v) is 3.94. The maximum absolute atomic E-state index is 4.40. The Morgan fingerprint density at radius 3 is 2.33 bits per heavy atom. The zero-order valence-corrected chi connectivity index (χ0v) is 20.0. The maximum Gasteiger partial charge on any atom is 0.225 e. The first kappa shape index (κ1) is 22.7. The summed E-state index contributed by atoms with van der Waals surface area (Å²) in [6.07, 6.45) is 6.11. The van der Waals surface area contributed by atoms with Gasteiger partial charge in [-0.05, 0) is 24.5 Å². The van der Waals surface area contributed by atoms with E-state index in [4.69, 9.17) is 0 Å². The lowest BCUT2D eigenvalue weighted by Gasteiger charge is -2.34. The van der Waals surface area contributed by atoms with Crippen molar-refractivity contribution in [2.45, 2.75) is 18.3 Å². The second kappa shape index (κ2) is 10.9. The van der Waals surface area contributed by atoms with Crippen LogP contribution in [0.4, 0.5) is 5.95 Å². The molecule has 0 unspecified atom stereocenters. The van der Waals surface area contributed by atoms with Gasteiger partial charge in [0.15, 0.2) is 5.96 Å². The molecule has 2 fully saturated rings. The Morgan fingerprint density at radius 1 is 1.00 bits per heavy atom. The van der Waals surface area contributed by atoms with Gasteiger partial charge in [-0.2, -0.15) is 0 Å². The maximum atomic E-state index is 4.40. The van der Waals surface area contributed by atoms with Crippen molar-refractivity contribution in [3.8, 4) is 0 Å². The Labute approximate surface area is 196 Å². The van der Waals surface area contributed by atoms with E-state index in [1.54, 1.807) is 12.4 Å². The van der Waals surface area contributed by atoms with Gasteiger partial charge in [0.2, 0.25) is 5.95 Å². The zero-order valence-electron chi connectivity index (χ0n) is 17.6. The van der Waals surface area contributed by atoms with E-state index >= 15 is 0 Å². The van der Waals surface area contributed by atoms with Crippen molar-refractivity contribution in [2.75, 3.05) is 57.8 Å². The smallest absolute Gasteiger partial charge is 0.225 e. The SMILES string of the molecule is CN=C(NCCN1CCN(c2ncccn2)CC1)NCC1(c2ccccc2)CC1.I. The van der Waals surface area contributed by atoms with E-state index < -0.39 is 0 Å². The minimum atomic E-state index is 0. The van der Waals surface area contributed by atoms with Crippen LogP contribution in [0.25, 0.3) is 0 Å².